The van der Waals surface area contributed by atoms with Gasteiger partial charge in [-0.3, -0.25) is 9.78 Å². The third-order valence-electron chi connectivity index (χ3n) is 4.86. The average molecular weight is 346 g/mol. The second-order valence-corrected chi connectivity index (χ2v) is 6.91. The van der Waals surface area contributed by atoms with Gasteiger partial charge in [0, 0.05) is 24.2 Å². The van der Waals surface area contributed by atoms with Gasteiger partial charge in [0.15, 0.2) is 0 Å². The Hall–Kier alpha value is -2.72. The molecule has 1 amide bonds. The third kappa shape index (κ3) is 3.20. The highest BCUT2D eigenvalue weighted by Gasteiger charge is 2.32. The molecule has 0 bridgehead atoms. The molecule has 0 radical (unpaired) electrons. The van der Waals surface area contributed by atoms with Crippen molar-refractivity contribution in [1.82, 2.24) is 9.88 Å². The first-order valence-corrected chi connectivity index (χ1v) is 8.93. The van der Waals surface area contributed by atoms with Gasteiger partial charge in [0.25, 0.3) is 5.91 Å². The summed E-state index contributed by atoms with van der Waals surface area (Å²) in [5.74, 6) is 0.0608. The van der Waals surface area contributed by atoms with E-state index >= 15 is 0 Å². The summed E-state index contributed by atoms with van der Waals surface area (Å²) in [7, 11) is 0. The van der Waals surface area contributed by atoms with Crippen LogP contribution in [0.5, 0.6) is 0 Å². The molecule has 1 saturated heterocycles. The fourth-order valence-electron chi connectivity index (χ4n) is 3.36. The van der Waals surface area contributed by atoms with E-state index in [4.69, 9.17) is 4.74 Å². The Bertz CT molecular complexity index is 947. The standard InChI is InChI=1S/C22H22N2O2/c1-15-7-6-10-19-20(11-16(2)23-21(15)19)22(25)24-12-18(13-24)26-14-17-8-4-3-5-9-17/h3-11,18H,12-14H2,1-2H3. The number of ether oxygens (including phenoxy) is 1. The van der Waals surface area contributed by atoms with Crippen LogP contribution in [0.15, 0.2) is 54.6 Å². The molecule has 132 valence electrons. The molecular formula is C22H22N2O2. The number of likely N-dealkylation sites (tertiary alicyclic amines) is 1. The van der Waals surface area contributed by atoms with Crippen LogP contribution in [-0.4, -0.2) is 35.0 Å². The maximum atomic E-state index is 13.0. The minimum absolute atomic E-state index is 0.0608. The maximum Gasteiger partial charge on any atom is 0.254 e. The lowest BCUT2D eigenvalue weighted by atomic mass is 10.0. The van der Waals surface area contributed by atoms with E-state index in [1.54, 1.807) is 0 Å². The molecule has 3 aromatic rings. The van der Waals surface area contributed by atoms with Gasteiger partial charge in [0.05, 0.1) is 23.8 Å². The highest BCUT2D eigenvalue weighted by molar-refractivity contribution is 6.07. The normalized spacial score (nSPS) is 14.5. The van der Waals surface area contributed by atoms with E-state index in [0.29, 0.717) is 19.7 Å². The smallest absolute Gasteiger partial charge is 0.254 e. The molecule has 0 N–H and O–H groups in total. The summed E-state index contributed by atoms with van der Waals surface area (Å²) in [6.07, 6.45) is 0.107. The summed E-state index contributed by atoms with van der Waals surface area (Å²) in [6.45, 7) is 5.83. The van der Waals surface area contributed by atoms with E-state index in [1.807, 2.05) is 61.2 Å². The molecular weight excluding hydrogens is 324 g/mol. The lowest BCUT2D eigenvalue weighted by Gasteiger charge is -2.39. The minimum atomic E-state index is 0.0608. The van der Waals surface area contributed by atoms with Crippen LogP contribution in [0.2, 0.25) is 0 Å². The summed E-state index contributed by atoms with van der Waals surface area (Å²) < 4.78 is 5.90. The number of carbonyl (C=O) groups is 1. The van der Waals surface area contributed by atoms with Crippen molar-refractivity contribution in [3.05, 3.63) is 77.0 Å². The van der Waals surface area contributed by atoms with Gasteiger partial charge >= 0.3 is 0 Å². The molecule has 1 aliphatic heterocycles. The summed E-state index contributed by atoms with van der Waals surface area (Å²) >= 11 is 0. The van der Waals surface area contributed by atoms with Crippen LogP contribution in [-0.2, 0) is 11.3 Å². The van der Waals surface area contributed by atoms with E-state index < -0.39 is 0 Å². The Morgan fingerprint density at radius 3 is 2.65 bits per heavy atom. The highest BCUT2D eigenvalue weighted by atomic mass is 16.5. The summed E-state index contributed by atoms with van der Waals surface area (Å²) in [5.41, 5.74) is 4.76. The van der Waals surface area contributed by atoms with Crippen molar-refractivity contribution in [1.29, 1.82) is 0 Å². The van der Waals surface area contributed by atoms with E-state index in [0.717, 1.165) is 33.3 Å². The second kappa shape index (κ2) is 6.89. The van der Waals surface area contributed by atoms with Crippen molar-refractivity contribution in [3.63, 3.8) is 0 Å². The number of amides is 1. The van der Waals surface area contributed by atoms with E-state index in [-0.39, 0.29) is 12.0 Å². The largest absolute Gasteiger partial charge is 0.370 e. The number of pyridine rings is 1. The molecule has 2 aromatic carbocycles. The van der Waals surface area contributed by atoms with Gasteiger partial charge in [-0.15, -0.1) is 0 Å². The number of hydrogen-bond acceptors (Lipinski definition) is 3. The number of aromatic nitrogens is 1. The SMILES string of the molecule is Cc1cc(C(=O)N2CC(OCc3ccccc3)C2)c2cccc(C)c2n1. The number of hydrogen-bond donors (Lipinski definition) is 0. The number of fused-ring (bicyclic) bond motifs is 1. The molecule has 26 heavy (non-hydrogen) atoms. The first-order valence-electron chi connectivity index (χ1n) is 8.93. The summed E-state index contributed by atoms with van der Waals surface area (Å²) in [5, 5.41) is 0.925. The fourth-order valence-corrected chi connectivity index (χ4v) is 3.36. The Kier molecular flexibility index (Phi) is 4.43. The topological polar surface area (TPSA) is 42.4 Å². The molecule has 4 heteroatoms. The summed E-state index contributed by atoms with van der Waals surface area (Å²) in [6, 6.07) is 18.0. The lowest BCUT2D eigenvalue weighted by molar-refractivity contribution is -0.0502. The second-order valence-electron chi connectivity index (χ2n) is 6.91. The monoisotopic (exact) mass is 346 g/mol. The molecule has 0 atom stereocenters. The van der Waals surface area contributed by atoms with Gasteiger partial charge in [-0.2, -0.15) is 0 Å². The van der Waals surface area contributed by atoms with Crippen molar-refractivity contribution >= 4 is 16.8 Å². The van der Waals surface area contributed by atoms with Gasteiger partial charge in [0.1, 0.15) is 0 Å². The maximum absolute atomic E-state index is 13.0. The number of nitrogens with zero attached hydrogens (tertiary/aromatic N) is 2. The van der Waals surface area contributed by atoms with Crippen LogP contribution >= 0.6 is 0 Å². The zero-order chi connectivity index (χ0) is 18.1. The lowest BCUT2D eigenvalue weighted by Crippen LogP contribution is -2.54. The Labute approximate surface area is 153 Å². The quantitative estimate of drug-likeness (QED) is 0.720. The molecule has 1 aromatic heterocycles. The fraction of sp³-hybridized carbons (Fsp3) is 0.273. The van der Waals surface area contributed by atoms with Crippen molar-refractivity contribution in [2.45, 2.75) is 26.6 Å². The van der Waals surface area contributed by atoms with Crippen LogP contribution in [0, 0.1) is 13.8 Å². The van der Waals surface area contributed by atoms with Gasteiger partial charge in [-0.25, -0.2) is 0 Å². The number of carbonyl (C=O) groups excluding carboxylic acids is 1. The van der Waals surface area contributed by atoms with Gasteiger partial charge in [0.2, 0.25) is 0 Å². The first kappa shape index (κ1) is 16.7. The Balaban J connectivity index is 1.45. The average Bonchev–Trinajstić information content (AvgIpc) is 2.61. The van der Waals surface area contributed by atoms with Crippen molar-refractivity contribution < 1.29 is 9.53 Å². The molecule has 0 spiro atoms. The van der Waals surface area contributed by atoms with Crippen LogP contribution in [0.4, 0.5) is 0 Å². The number of para-hydroxylation sites is 1. The molecule has 0 unspecified atom stereocenters. The van der Waals surface area contributed by atoms with Gasteiger partial charge in [-0.1, -0.05) is 48.5 Å². The van der Waals surface area contributed by atoms with Crippen LogP contribution < -0.4 is 0 Å². The van der Waals surface area contributed by atoms with Crippen LogP contribution in [0.3, 0.4) is 0 Å². The van der Waals surface area contributed by atoms with E-state index in [9.17, 15) is 4.79 Å². The van der Waals surface area contributed by atoms with Crippen molar-refractivity contribution in [2.24, 2.45) is 0 Å². The molecule has 0 saturated carbocycles. The number of benzene rings is 2. The van der Waals surface area contributed by atoms with Crippen LogP contribution in [0.25, 0.3) is 10.9 Å². The minimum Gasteiger partial charge on any atom is -0.370 e. The third-order valence-corrected chi connectivity index (χ3v) is 4.86. The van der Waals surface area contributed by atoms with Crippen LogP contribution in [0.1, 0.15) is 27.2 Å². The van der Waals surface area contributed by atoms with E-state index in [1.165, 1.54) is 0 Å². The first-order chi connectivity index (χ1) is 12.6. The molecule has 0 aliphatic carbocycles. The Morgan fingerprint density at radius 1 is 1.12 bits per heavy atom. The van der Waals surface area contributed by atoms with E-state index in [2.05, 4.69) is 17.1 Å². The molecule has 4 rings (SSSR count). The number of aryl methyl sites for hydroxylation is 2. The molecule has 1 fully saturated rings. The zero-order valence-corrected chi connectivity index (χ0v) is 15.1. The van der Waals surface area contributed by atoms with Crippen molar-refractivity contribution in [3.8, 4) is 0 Å². The molecule has 2 heterocycles. The zero-order valence-electron chi connectivity index (χ0n) is 15.1. The molecule has 4 nitrogen and oxygen atoms in total. The Morgan fingerprint density at radius 2 is 1.88 bits per heavy atom. The van der Waals surface area contributed by atoms with Gasteiger partial charge < -0.3 is 9.64 Å². The van der Waals surface area contributed by atoms with Crippen molar-refractivity contribution in [2.75, 3.05) is 13.1 Å². The number of rotatable bonds is 4. The van der Waals surface area contributed by atoms with Gasteiger partial charge in [-0.05, 0) is 31.0 Å². The predicted octanol–water partition coefficient (Wildman–Crippen LogP) is 3.89. The predicted molar refractivity (Wildman–Crippen MR) is 102 cm³/mol. The molecule has 1 aliphatic rings. The summed E-state index contributed by atoms with van der Waals surface area (Å²) in [4.78, 5) is 19.4. The highest BCUT2D eigenvalue weighted by Crippen LogP contribution is 2.25.